The standard InChI is InChI=1S/C36H72O2/c1-4-7-10-13-16-18-19-20-21-22-25-28-31-34-36(37)38-35(32-29-26-23-15-12-9-6-3)33-30-27-24-17-14-11-8-5-2/h35H,4-34H2,1-3H3. The quantitative estimate of drug-likeness (QED) is 0.0631. The van der Waals surface area contributed by atoms with E-state index in [-0.39, 0.29) is 12.1 Å². The van der Waals surface area contributed by atoms with Gasteiger partial charge in [0.15, 0.2) is 0 Å². The zero-order valence-electron chi connectivity index (χ0n) is 26.8. The van der Waals surface area contributed by atoms with E-state index in [1.54, 1.807) is 0 Å². The molecule has 38 heavy (non-hydrogen) atoms. The van der Waals surface area contributed by atoms with Gasteiger partial charge in [-0.2, -0.15) is 0 Å². The Bertz CT molecular complexity index is 447. The Hall–Kier alpha value is -0.530. The molecule has 0 saturated heterocycles. The number of esters is 1. The van der Waals surface area contributed by atoms with Gasteiger partial charge in [-0.3, -0.25) is 4.79 Å². The van der Waals surface area contributed by atoms with Gasteiger partial charge in [0.2, 0.25) is 0 Å². The Morgan fingerprint density at radius 3 is 0.974 bits per heavy atom. The molecule has 2 heteroatoms. The zero-order valence-corrected chi connectivity index (χ0v) is 26.8. The molecular weight excluding hydrogens is 464 g/mol. The lowest BCUT2D eigenvalue weighted by molar-refractivity contribution is -0.150. The van der Waals surface area contributed by atoms with Gasteiger partial charge >= 0.3 is 5.97 Å². The molecule has 1 unspecified atom stereocenters. The first kappa shape index (κ1) is 37.5. The molecule has 0 aromatic carbocycles. The van der Waals surface area contributed by atoms with Crippen LogP contribution in [-0.2, 0) is 9.53 Å². The number of carbonyl (C=O) groups excluding carboxylic acids is 1. The van der Waals surface area contributed by atoms with Crippen molar-refractivity contribution in [3.05, 3.63) is 0 Å². The van der Waals surface area contributed by atoms with Crippen LogP contribution < -0.4 is 0 Å². The average Bonchev–Trinajstić information content (AvgIpc) is 2.92. The highest BCUT2D eigenvalue weighted by Crippen LogP contribution is 2.19. The van der Waals surface area contributed by atoms with Gasteiger partial charge in [0.25, 0.3) is 0 Å². The maximum Gasteiger partial charge on any atom is 0.306 e. The summed E-state index contributed by atoms with van der Waals surface area (Å²) in [5.74, 6) is 0.0700. The summed E-state index contributed by atoms with van der Waals surface area (Å²) in [7, 11) is 0. The SMILES string of the molecule is CCCCCCCCCCCCCCCC(=O)OC(CCCCCCCCC)CCCCCCCCCC. The highest BCUT2D eigenvalue weighted by Gasteiger charge is 2.14. The Balaban J connectivity index is 3.91. The van der Waals surface area contributed by atoms with Crippen LogP contribution in [-0.4, -0.2) is 12.1 Å². The average molecular weight is 537 g/mol. The molecule has 0 saturated carbocycles. The molecule has 0 heterocycles. The van der Waals surface area contributed by atoms with Crippen LogP contribution in [0.25, 0.3) is 0 Å². The number of carbonyl (C=O) groups is 1. The van der Waals surface area contributed by atoms with Crippen molar-refractivity contribution >= 4 is 5.97 Å². The number of hydrogen-bond donors (Lipinski definition) is 0. The number of unbranched alkanes of at least 4 members (excludes halogenated alkanes) is 25. The Morgan fingerprint density at radius 2 is 0.658 bits per heavy atom. The van der Waals surface area contributed by atoms with Crippen LogP contribution in [0.2, 0.25) is 0 Å². The van der Waals surface area contributed by atoms with E-state index in [9.17, 15) is 4.79 Å². The summed E-state index contributed by atoms with van der Waals surface area (Å²) in [6, 6.07) is 0. The van der Waals surface area contributed by atoms with E-state index >= 15 is 0 Å². The molecule has 0 fully saturated rings. The maximum atomic E-state index is 12.6. The van der Waals surface area contributed by atoms with Crippen LogP contribution in [0.15, 0.2) is 0 Å². The Kier molecular flexibility index (Phi) is 32.2. The molecule has 228 valence electrons. The fourth-order valence-electron chi connectivity index (χ4n) is 5.63. The molecule has 0 aliphatic carbocycles. The third-order valence-corrected chi connectivity index (χ3v) is 8.29. The van der Waals surface area contributed by atoms with Crippen LogP contribution >= 0.6 is 0 Å². The number of hydrogen-bond acceptors (Lipinski definition) is 2. The minimum absolute atomic E-state index is 0.0700. The molecule has 0 rings (SSSR count). The van der Waals surface area contributed by atoms with Crippen LogP contribution in [0.4, 0.5) is 0 Å². The first-order valence-corrected chi connectivity index (χ1v) is 17.9. The summed E-state index contributed by atoms with van der Waals surface area (Å²) >= 11 is 0. The van der Waals surface area contributed by atoms with Crippen molar-refractivity contribution in [3.63, 3.8) is 0 Å². The van der Waals surface area contributed by atoms with Crippen molar-refractivity contribution in [3.8, 4) is 0 Å². The van der Waals surface area contributed by atoms with Crippen LogP contribution in [0.5, 0.6) is 0 Å². The summed E-state index contributed by atoms with van der Waals surface area (Å²) in [6.45, 7) is 6.85. The minimum Gasteiger partial charge on any atom is -0.462 e. The van der Waals surface area contributed by atoms with Crippen molar-refractivity contribution in [1.82, 2.24) is 0 Å². The van der Waals surface area contributed by atoms with Gasteiger partial charge in [0.05, 0.1) is 0 Å². The monoisotopic (exact) mass is 537 g/mol. The normalized spacial score (nSPS) is 12.2. The summed E-state index contributed by atoms with van der Waals surface area (Å²) in [5, 5.41) is 0. The molecule has 0 bridgehead atoms. The minimum atomic E-state index is 0.0700. The second-order valence-corrected chi connectivity index (χ2v) is 12.3. The fraction of sp³-hybridized carbons (Fsp3) is 0.972. The van der Waals surface area contributed by atoms with Gasteiger partial charge in [-0.1, -0.05) is 181 Å². The van der Waals surface area contributed by atoms with E-state index in [2.05, 4.69) is 20.8 Å². The van der Waals surface area contributed by atoms with Gasteiger partial charge in [0.1, 0.15) is 6.10 Å². The van der Waals surface area contributed by atoms with Crippen LogP contribution in [0, 0.1) is 0 Å². The van der Waals surface area contributed by atoms with E-state index in [0.29, 0.717) is 6.42 Å². The van der Waals surface area contributed by atoms with E-state index in [1.165, 1.54) is 173 Å². The third kappa shape index (κ3) is 30.0. The van der Waals surface area contributed by atoms with E-state index in [0.717, 1.165) is 19.3 Å². The number of ether oxygens (including phenoxy) is 1. The highest BCUT2D eigenvalue weighted by molar-refractivity contribution is 5.69. The molecule has 0 aromatic heterocycles. The predicted molar refractivity (Wildman–Crippen MR) is 170 cm³/mol. The van der Waals surface area contributed by atoms with Crippen LogP contribution in [0.3, 0.4) is 0 Å². The highest BCUT2D eigenvalue weighted by atomic mass is 16.5. The lowest BCUT2D eigenvalue weighted by atomic mass is 10.0. The lowest BCUT2D eigenvalue weighted by Crippen LogP contribution is -2.18. The van der Waals surface area contributed by atoms with Gasteiger partial charge < -0.3 is 4.74 Å². The molecule has 0 spiro atoms. The molecule has 0 N–H and O–H groups in total. The zero-order chi connectivity index (χ0) is 27.8. The van der Waals surface area contributed by atoms with E-state index in [4.69, 9.17) is 4.74 Å². The predicted octanol–water partition coefficient (Wildman–Crippen LogP) is 13.1. The third-order valence-electron chi connectivity index (χ3n) is 8.29. The van der Waals surface area contributed by atoms with Crippen molar-refractivity contribution in [1.29, 1.82) is 0 Å². The maximum absolute atomic E-state index is 12.6. The molecule has 2 nitrogen and oxygen atoms in total. The second kappa shape index (κ2) is 32.7. The van der Waals surface area contributed by atoms with Crippen molar-refractivity contribution in [2.75, 3.05) is 0 Å². The molecule has 0 aliphatic rings. The van der Waals surface area contributed by atoms with Gasteiger partial charge in [-0.05, 0) is 32.1 Å². The van der Waals surface area contributed by atoms with E-state index < -0.39 is 0 Å². The molecular formula is C36H72O2. The lowest BCUT2D eigenvalue weighted by Gasteiger charge is -2.18. The molecule has 0 radical (unpaired) electrons. The summed E-state index contributed by atoms with van der Waals surface area (Å²) in [5.41, 5.74) is 0. The first-order valence-electron chi connectivity index (χ1n) is 17.9. The summed E-state index contributed by atoms with van der Waals surface area (Å²) in [4.78, 5) is 12.6. The van der Waals surface area contributed by atoms with Gasteiger partial charge in [-0.15, -0.1) is 0 Å². The van der Waals surface area contributed by atoms with Crippen molar-refractivity contribution in [2.24, 2.45) is 0 Å². The smallest absolute Gasteiger partial charge is 0.306 e. The summed E-state index contributed by atoms with van der Waals surface area (Å²) in [6.07, 6.45) is 40.5. The Labute approximate surface area is 241 Å². The van der Waals surface area contributed by atoms with Crippen molar-refractivity contribution < 1.29 is 9.53 Å². The Morgan fingerprint density at radius 1 is 0.395 bits per heavy atom. The largest absolute Gasteiger partial charge is 0.462 e. The number of rotatable bonds is 32. The summed E-state index contributed by atoms with van der Waals surface area (Å²) < 4.78 is 6.02. The molecule has 0 amide bonds. The topological polar surface area (TPSA) is 26.3 Å². The second-order valence-electron chi connectivity index (χ2n) is 12.3. The van der Waals surface area contributed by atoms with Crippen LogP contribution in [0.1, 0.15) is 220 Å². The first-order chi connectivity index (χ1) is 18.7. The van der Waals surface area contributed by atoms with Gasteiger partial charge in [0, 0.05) is 6.42 Å². The fourth-order valence-corrected chi connectivity index (χ4v) is 5.63. The van der Waals surface area contributed by atoms with E-state index in [1.807, 2.05) is 0 Å². The van der Waals surface area contributed by atoms with Gasteiger partial charge in [-0.25, -0.2) is 0 Å². The van der Waals surface area contributed by atoms with Crippen molar-refractivity contribution in [2.45, 2.75) is 226 Å². The molecule has 0 aromatic rings. The molecule has 0 aliphatic heterocycles. The molecule has 1 atom stereocenters.